The van der Waals surface area contributed by atoms with Gasteiger partial charge in [-0.05, 0) is 31.6 Å². The normalized spacial score (nSPS) is 18.0. The second kappa shape index (κ2) is 8.08. The van der Waals surface area contributed by atoms with E-state index < -0.39 is 0 Å². The predicted octanol–water partition coefficient (Wildman–Crippen LogP) is 1.95. The molecule has 0 aliphatic heterocycles. The Labute approximate surface area is 93.3 Å². The summed E-state index contributed by atoms with van der Waals surface area (Å²) in [5, 5.41) is 0. The third-order valence-electron chi connectivity index (χ3n) is 2.99. The lowest BCUT2D eigenvalue weighted by Gasteiger charge is -2.09. The van der Waals surface area contributed by atoms with Crippen molar-refractivity contribution in [2.45, 2.75) is 44.6 Å². The molecule has 1 rings (SSSR count). The molecule has 0 aromatic rings. The monoisotopic (exact) mass is 215 g/mol. The van der Waals surface area contributed by atoms with E-state index in [1.807, 2.05) is 0 Å². The van der Waals surface area contributed by atoms with Crippen LogP contribution in [0.15, 0.2) is 0 Å². The van der Waals surface area contributed by atoms with Crippen LogP contribution >= 0.6 is 0 Å². The molecule has 2 N–H and O–H groups in total. The number of nitrogens with two attached hydrogens (primary N) is 1. The van der Waals surface area contributed by atoms with Gasteiger partial charge in [-0.1, -0.05) is 12.8 Å². The van der Waals surface area contributed by atoms with Crippen molar-refractivity contribution in [1.29, 1.82) is 0 Å². The van der Waals surface area contributed by atoms with Gasteiger partial charge in [0.05, 0.1) is 13.2 Å². The molecule has 0 aromatic heterocycles. The highest BCUT2D eigenvalue weighted by Crippen LogP contribution is 2.33. The van der Waals surface area contributed by atoms with E-state index in [1.54, 1.807) is 7.11 Å². The summed E-state index contributed by atoms with van der Waals surface area (Å²) in [7, 11) is 1.70. The Balaban J connectivity index is 1.72. The highest BCUT2D eigenvalue weighted by atomic mass is 16.5. The first-order valence-corrected chi connectivity index (χ1v) is 6.17. The van der Waals surface area contributed by atoms with Crippen molar-refractivity contribution in [1.82, 2.24) is 0 Å². The Morgan fingerprint density at radius 1 is 1.13 bits per heavy atom. The number of hydrogen-bond donors (Lipinski definition) is 1. The standard InChI is InChI=1S/C12H25NO2/c1-14-9-10-15-8-4-2-3-5-12(13)11-6-7-11/h11-12H,2-10,13H2,1H3. The summed E-state index contributed by atoms with van der Waals surface area (Å²) in [6.45, 7) is 2.28. The van der Waals surface area contributed by atoms with E-state index in [-0.39, 0.29) is 0 Å². The van der Waals surface area contributed by atoms with Crippen LogP contribution in [0.25, 0.3) is 0 Å². The van der Waals surface area contributed by atoms with Crippen molar-refractivity contribution >= 4 is 0 Å². The number of hydrogen-bond acceptors (Lipinski definition) is 3. The summed E-state index contributed by atoms with van der Waals surface area (Å²) in [5.74, 6) is 0.850. The molecule has 1 unspecified atom stereocenters. The van der Waals surface area contributed by atoms with Crippen molar-refractivity contribution in [3.63, 3.8) is 0 Å². The molecule has 15 heavy (non-hydrogen) atoms. The van der Waals surface area contributed by atoms with Gasteiger partial charge in [-0.25, -0.2) is 0 Å². The molecule has 3 heteroatoms. The van der Waals surface area contributed by atoms with E-state index in [1.165, 1.54) is 32.1 Å². The zero-order valence-electron chi connectivity index (χ0n) is 9.91. The van der Waals surface area contributed by atoms with Crippen molar-refractivity contribution in [3.8, 4) is 0 Å². The third-order valence-corrected chi connectivity index (χ3v) is 2.99. The van der Waals surface area contributed by atoms with Crippen LogP contribution in [-0.2, 0) is 9.47 Å². The van der Waals surface area contributed by atoms with E-state index in [0.717, 1.165) is 25.6 Å². The molecule has 0 radical (unpaired) electrons. The van der Waals surface area contributed by atoms with Crippen molar-refractivity contribution in [2.24, 2.45) is 11.7 Å². The minimum absolute atomic E-state index is 0.472. The van der Waals surface area contributed by atoms with Gasteiger partial charge >= 0.3 is 0 Å². The van der Waals surface area contributed by atoms with Gasteiger partial charge < -0.3 is 15.2 Å². The van der Waals surface area contributed by atoms with E-state index in [2.05, 4.69) is 0 Å². The van der Waals surface area contributed by atoms with Crippen LogP contribution in [0.5, 0.6) is 0 Å². The fraction of sp³-hybridized carbons (Fsp3) is 1.00. The molecule has 1 atom stereocenters. The second-order valence-corrected chi connectivity index (χ2v) is 4.46. The maximum atomic E-state index is 6.01. The largest absolute Gasteiger partial charge is 0.382 e. The number of rotatable bonds is 10. The molecule has 1 aliphatic rings. The average molecular weight is 215 g/mol. The van der Waals surface area contributed by atoms with Crippen molar-refractivity contribution in [2.75, 3.05) is 26.9 Å². The van der Waals surface area contributed by atoms with Crippen LogP contribution < -0.4 is 5.73 Å². The van der Waals surface area contributed by atoms with Crippen LogP contribution in [0, 0.1) is 5.92 Å². The van der Waals surface area contributed by atoms with Crippen molar-refractivity contribution < 1.29 is 9.47 Å². The summed E-state index contributed by atoms with van der Waals surface area (Å²) in [6.07, 6.45) is 7.57. The lowest BCUT2D eigenvalue weighted by Crippen LogP contribution is -2.21. The molecular formula is C12H25NO2. The van der Waals surface area contributed by atoms with Gasteiger partial charge in [0.2, 0.25) is 0 Å². The maximum absolute atomic E-state index is 6.01. The molecule has 1 saturated carbocycles. The molecule has 0 aromatic carbocycles. The highest BCUT2D eigenvalue weighted by molar-refractivity contribution is 4.83. The molecular weight excluding hydrogens is 190 g/mol. The Morgan fingerprint density at radius 2 is 1.93 bits per heavy atom. The molecule has 3 nitrogen and oxygen atoms in total. The van der Waals surface area contributed by atoms with E-state index in [0.29, 0.717) is 12.6 Å². The van der Waals surface area contributed by atoms with Gasteiger partial charge in [0.25, 0.3) is 0 Å². The van der Waals surface area contributed by atoms with Gasteiger partial charge in [-0.3, -0.25) is 0 Å². The van der Waals surface area contributed by atoms with Gasteiger partial charge in [0.15, 0.2) is 0 Å². The summed E-state index contributed by atoms with van der Waals surface area (Å²) >= 11 is 0. The lowest BCUT2D eigenvalue weighted by atomic mass is 10.1. The smallest absolute Gasteiger partial charge is 0.0700 e. The molecule has 1 aliphatic carbocycles. The first-order valence-electron chi connectivity index (χ1n) is 6.17. The van der Waals surface area contributed by atoms with Crippen LogP contribution in [0.2, 0.25) is 0 Å². The topological polar surface area (TPSA) is 44.5 Å². The second-order valence-electron chi connectivity index (χ2n) is 4.46. The Morgan fingerprint density at radius 3 is 2.60 bits per heavy atom. The number of methoxy groups -OCH3 is 1. The fourth-order valence-corrected chi connectivity index (χ4v) is 1.77. The first kappa shape index (κ1) is 12.9. The Hall–Kier alpha value is -0.120. The van der Waals surface area contributed by atoms with Gasteiger partial charge in [0, 0.05) is 19.8 Å². The van der Waals surface area contributed by atoms with E-state index in [4.69, 9.17) is 15.2 Å². The molecule has 0 saturated heterocycles. The van der Waals surface area contributed by atoms with Crippen molar-refractivity contribution in [3.05, 3.63) is 0 Å². The summed E-state index contributed by atoms with van der Waals surface area (Å²) in [4.78, 5) is 0. The fourth-order valence-electron chi connectivity index (χ4n) is 1.77. The quantitative estimate of drug-likeness (QED) is 0.566. The molecule has 0 heterocycles. The molecule has 0 amide bonds. The van der Waals surface area contributed by atoms with E-state index in [9.17, 15) is 0 Å². The molecule has 1 fully saturated rings. The Bertz CT molecular complexity index is 149. The van der Waals surface area contributed by atoms with Crippen LogP contribution in [0.3, 0.4) is 0 Å². The summed E-state index contributed by atoms with van der Waals surface area (Å²) in [5.41, 5.74) is 6.01. The lowest BCUT2D eigenvalue weighted by molar-refractivity contribution is 0.0685. The maximum Gasteiger partial charge on any atom is 0.0700 e. The molecule has 90 valence electrons. The SMILES string of the molecule is COCCOCCCCCC(N)C1CC1. The number of unbranched alkanes of at least 4 members (excludes halogenated alkanes) is 2. The highest BCUT2D eigenvalue weighted by Gasteiger charge is 2.27. The average Bonchev–Trinajstić information content (AvgIpc) is 3.05. The minimum Gasteiger partial charge on any atom is -0.382 e. The van der Waals surface area contributed by atoms with Crippen LogP contribution in [0.4, 0.5) is 0 Å². The van der Waals surface area contributed by atoms with E-state index >= 15 is 0 Å². The minimum atomic E-state index is 0.472. The molecule has 0 spiro atoms. The van der Waals surface area contributed by atoms with Gasteiger partial charge in [-0.2, -0.15) is 0 Å². The van der Waals surface area contributed by atoms with Gasteiger partial charge in [-0.15, -0.1) is 0 Å². The van der Waals surface area contributed by atoms with Gasteiger partial charge in [0.1, 0.15) is 0 Å². The summed E-state index contributed by atoms with van der Waals surface area (Å²) < 4.78 is 10.3. The Kier molecular flexibility index (Phi) is 6.98. The predicted molar refractivity (Wildman–Crippen MR) is 61.9 cm³/mol. The van der Waals surface area contributed by atoms with Crippen LogP contribution in [-0.4, -0.2) is 33.0 Å². The number of ether oxygens (including phenoxy) is 2. The zero-order valence-corrected chi connectivity index (χ0v) is 9.91. The first-order chi connectivity index (χ1) is 7.34. The van der Waals surface area contributed by atoms with Crippen LogP contribution in [0.1, 0.15) is 38.5 Å². The molecule has 0 bridgehead atoms. The third kappa shape index (κ3) is 6.88. The summed E-state index contributed by atoms with van der Waals surface area (Å²) in [6, 6.07) is 0.472. The zero-order chi connectivity index (χ0) is 10.9.